The van der Waals surface area contributed by atoms with Crippen LogP contribution in [0.25, 0.3) is 0 Å². The molecule has 2 aromatic rings. The number of hydrogen-bond donors (Lipinski definition) is 1. The first-order chi connectivity index (χ1) is 10.0. The quantitative estimate of drug-likeness (QED) is 0.779. The molecule has 0 amide bonds. The summed E-state index contributed by atoms with van der Waals surface area (Å²) in [5, 5.41) is 0. The molecule has 0 spiro atoms. The third-order valence-electron chi connectivity index (χ3n) is 3.43. The van der Waals surface area contributed by atoms with E-state index in [0.29, 0.717) is 12.2 Å². The molecule has 0 heterocycles. The van der Waals surface area contributed by atoms with Crippen LogP contribution in [0.4, 0.5) is 0 Å². The van der Waals surface area contributed by atoms with Gasteiger partial charge < -0.3 is 9.42 Å². The minimum absolute atomic E-state index is 0.101. The van der Waals surface area contributed by atoms with E-state index in [2.05, 4.69) is 6.92 Å². The fourth-order valence-corrected chi connectivity index (χ4v) is 3.45. The Morgan fingerprint density at radius 1 is 1.10 bits per heavy atom. The molecule has 21 heavy (non-hydrogen) atoms. The van der Waals surface area contributed by atoms with Gasteiger partial charge in [-0.2, -0.15) is 0 Å². The highest BCUT2D eigenvalue weighted by Gasteiger charge is 2.22. The van der Waals surface area contributed by atoms with Gasteiger partial charge in [0, 0.05) is 11.5 Å². The predicted molar refractivity (Wildman–Crippen MR) is 86.0 cm³/mol. The van der Waals surface area contributed by atoms with E-state index in [1.807, 2.05) is 55.5 Å². The molecule has 0 saturated carbocycles. The lowest BCUT2D eigenvalue weighted by molar-refractivity contribution is 0.377. The largest absolute Gasteiger partial charge is 0.424 e. The molecule has 0 aliphatic rings. The molecule has 0 aromatic heterocycles. The topological polar surface area (TPSA) is 46.5 Å². The Balaban J connectivity index is 2.31. The lowest BCUT2D eigenvalue weighted by Gasteiger charge is -2.19. The van der Waals surface area contributed by atoms with Gasteiger partial charge in [-0.15, -0.1) is 0 Å². The SMILES string of the molecule is CCCP(=O)(O)Oc1ccccc1C(C)c1ccccc1. The summed E-state index contributed by atoms with van der Waals surface area (Å²) in [5.41, 5.74) is 2.07. The third-order valence-corrected chi connectivity index (χ3v) is 4.93. The number of hydrogen-bond acceptors (Lipinski definition) is 2. The lowest BCUT2D eigenvalue weighted by atomic mass is 9.93. The normalized spacial score (nSPS) is 15.2. The average Bonchev–Trinajstić information content (AvgIpc) is 2.47. The van der Waals surface area contributed by atoms with Gasteiger partial charge in [0.05, 0.1) is 6.16 Å². The van der Waals surface area contributed by atoms with E-state index in [1.54, 1.807) is 6.07 Å². The monoisotopic (exact) mass is 304 g/mol. The van der Waals surface area contributed by atoms with Gasteiger partial charge in [0.15, 0.2) is 0 Å². The molecule has 0 saturated heterocycles. The van der Waals surface area contributed by atoms with Crippen molar-refractivity contribution in [2.24, 2.45) is 0 Å². The number of para-hydroxylation sites is 1. The molecule has 3 nitrogen and oxygen atoms in total. The van der Waals surface area contributed by atoms with E-state index in [4.69, 9.17) is 4.52 Å². The lowest BCUT2D eigenvalue weighted by Crippen LogP contribution is -2.02. The van der Waals surface area contributed by atoms with Crippen LogP contribution in [-0.2, 0) is 4.57 Å². The van der Waals surface area contributed by atoms with Crippen molar-refractivity contribution in [2.75, 3.05) is 6.16 Å². The first kappa shape index (κ1) is 15.8. The molecule has 0 fully saturated rings. The Hall–Kier alpha value is -1.57. The van der Waals surface area contributed by atoms with E-state index in [0.717, 1.165) is 11.1 Å². The standard InChI is InChI=1S/C17H21O3P/c1-3-13-21(18,19)20-17-12-8-7-11-16(17)14(2)15-9-5-4-6-10-15/h4-12,14H,3,13H2,1-2H3,(H,18,19). The molecule has 0 radical (unpaired) electrons. The fraction of sp³-hybridized carbons (Fsp3) is 0.294. The van der Waals surface area contributed by atoms with Gasteiger partial charge in [0.2, 0.25) is 0 Å². The molecule has 0 aliphatic carbocycles. The van der Waals surface area contributed by atoms with E-state index in [-0.39, 0.29) is 12.1 Å². The van der Waals surface area contributed by atoms with Gasteiger partial charge in [-0.3, -0.25) is 0 Å². The third kappa shape index (κ3) is 4.20. The van der Waals surface area contributed by atoms with E-state index in [9.17, 15) is 9.46 Å². The van der Waals surface area contributed by atoms with Crippen molar-refractivity contribution in [1.82, 2.24) is 0 Å². The van der Waals surface area contributed by atoms with Gasteiger partial charge in [-0.1, -0.05) is 62.4 Å². The summed E-state index contributed by atoms with van der Waals surface area (Å²) in [6, 6.07) is 17.5. The van der Waals surface area contributed by atoms with Crippen LogP contribution in [-0.4, -0.2) is 11.1 Å². The van der Waals surface area contributed by atoms with Crippen LogP contribution in [0.3, 0.4) is 0 Å². The van der Waals surface area contributed by atoms with Crippen LogP contribution in [0.1, 0.15) is 37.3 Å². The minimum Gasteiger partial charge on any atom is -0.424 e. The summed E-state index contributed by atoms with van der Waals surface area (Å²) in [4.78, 5) is 9.88. The van der Waals surface area contributed by atoms with Crippen molar-refractivity contribution in [2.45, 2.75) is 26.2 Å². The Bertz CT molecular complexity index is 625. The number of benzene rings is 2. The van der Waals surface area contributed by atoms with Gasteiger partial charge in [-0.05, 0) is 18.1 Å². The van der Waals surface area contributed by atoms with E-state index >= 15 is 0 Å². The minimum atomic E-state index is -3.57. The van der Waals surface area contributed by atoms with Gasteiger partial charge in [0.25, 0.3) is 0 Å². The first-order valence-corrected chi connectivity index (χ1v) is 8.95. The maximum absolute atomic E-state index is 12.0. The van der Waals surface area contributed by atoms with Crippen LogP contribution < -0.4 is 4.52 Å². The van der Waals surface area contributed by atoms with E-state index in [1.165, 1.54) is 0 Å². The van der Waals surface area contributed by atoms with Gasteiger partial charge in [-0.25, -0.2) is 4.57 Å². The highest BCUT2D eigenvalue weighted by molar-refractivity contribution is 7.53. The fourth-order valence-electron chi connectivity index (χ4n) is 2.32. The Morgan fingerprint density at radius 3 is 2.38 bits per heavy atom. The summed E-state index contributed by atoms with van der Waals surface area (Å²) in [6.07, 6.45) is 0.783. The highest BCUT2D eigenvalue weighted by atomic mass is 31.2. The number of rotatable bonds is 6. The molecule has 4 heteroatoms. The van der Waals surface area contributed by atoms with Crippen LogP contribution >= 0.6 is 7.60 Å². The molecule has 0 bridgehead atoms. The second kappa shape index (κ2) is 6.93. The van der Waals surface area contributed by atoms with Crippen LogP contribution in [0.2, 0.25) is 0 Å². The molecule has 112 valence electrons. The highest BCUT2D eigenvalue weighted by Crippen LogP contribution is 2.45. The van der Waals surface area contributed by atoms with Crippen LogP contribution in [0.5, 0.6) is 5.75 Å². The van der Waals surface area contributed by atoms with Crippen molar-refractivity contribution in [3.63, 3.8) is 0 Å². The van der Waals surface area contributed by atoms with Gasteiger partial charge in [0.1, 0.15) is 5.75 Å². The molecule has 2 aromatic carbocycles. The Morgan fingerprint density at radius 2 is 1.71 bits per heavy atom. The summed E-state index contributed by atoms with van der Waals surface area (Å²) >= 11 is 0. The summed E-state index contributed by atoms with van der Waals surface area (Å²) < 4.78 is 17.5. The first-order valence-electron chi connectivity index (χ1n) is 7.19. The van der Waals surface area contributed by atoms with Crippen molar-refractivity contribution in [3.8, 4) is 5.75 Å². The summed E-state index contributed by atoms with van der Waals surface area (Å²) in [5.74, 6) is 0.595. The summed E-state index contributed by atoms with van der Waals surface area (Å²) in [7, 11) is -3.57. The van der Waals surface area contributed by atoms with Crippen molar-refractivity contribution < 1.29 is 14.0 Å². The van der Waals surface area contributed by atoms with Crippen molar-refractivity contribution >= 4 is 7.60 Å². The zero-order valence-corrected chi connectivity index (χ0v) is 13.3. The van der Waals surface area contributed by atoms with E-state index < -0.39 is 7.60 Å². The zero-order valence-electron chi connectivity index (χ0n) is 12.4. The maximum Gasteiger partial charge on any atom is 0.376 e. The summed E-state index contributed by atoms with van der Waals surface area (Å²) in [6.45, 7) is 3.93. The van der Waals surface area contributed by atoms with Crippen LogP contribution in [0, 0.1) is 0 Å². The smallest absolute Gasteiger partial charge is 0.376 e. The van der Waals surface area contributed by atoms with Gasteiger partial charge >= 0.3 is 7.60 Å². The van der Waals surface area contributed by atoms with Crippen molar-refractivity contribution in [1.29, 1.82) is 0 Å². The van der Waals surface area contributed by atoms with Crippen LogP contribution in [0.15, 0.2) is 54.6 Å². The molecule has 1 N–H and O–H groups in total. The Kier molecular flexibility index (Phi) is 5.22. The molecule has 2 rings (SSSR count). The molecule has 0 aliphatic heterocycles. The predicted octanol–water partition coefficient (Wildman–Crippen LogP) is 4.81. The average molecular weight is 304 g/mol. The zero-order chi connectivity index (χ0) is 15.3. The second-order valence-corrected chi connectivity index (χ2v) is 7.03. The molecule has 2 unspecified atom stereocenters. The molecular weight excluding hydrogens is 283 g/mol. The molecule has 2 atom stereocenters. The van der Waals surface area contributed by atoms with Crippen molar-refractivity contribution in [3.05, 3.63) is 65.7 Å². The second-order valence-electron chi connectivity index (χ2n) is 5.12. The molecular formula is C17H21O3P. The Labute approximate surface area is 126 Å². The maximum atomic E-state index is 12.0.